The molecule has 0 amide bonds. The molecule has 2 atom stereocenters. The van der Waals surface area contributed by atoms with E-state index >= 15 is 0 Å². The maximum absolute atomic E-state index is 13.6. The first-order chi connectivity index (χ1) is 15.6. The Morgan fingerprint density at radius 1 is 1.18 bits per heavy atom. The maximum atomic E-state index is 13.6. The van der Waals surface area contributed by atoms with E-state index < -0.39 is 22.0 Å². The Balaban J connectivity index is 1.77. The summed E-state index contributed by atoms with van der Waals surface area (Å²) in [5, 5.41) is 10.2. The van der Waals surface area contributed by atoms with Crippen LogP contribution in [-0.4, -0.2) is 54.7 Å². The molecule has 0 radical (unpaired) electrons. The van der Waals surface area contributed by atoms with Gasteiger partial charge in [-0.05, 0) is 68.8 Å². The van der Waals surface area contributed by atoms with Crippen LogP contribution in [0, 0.1) is 0 Å². The predicted molar refractivity (Wildman–Crippen MR) is 136 cm³/mol. The molecule has 2 aromatic carbocycles. The Hall–Kier alpha value is -1.16. The highest BCUT2D eigenvalue weighted by Gasteiger charge is 2.31. The first-order valence-electron chi connectivity index (χ1n) is 10.4. The Kier molecular flexibility index (Phi) is 9.23. The van der Waals surface area contributed by atoms with Gasteiger partial charge in [-0.25, -0.2) is 8.42 Å². The first kappa shape index (κ1) is 26.4. The van der Waals surface area contributed by atoms with Crippen LogP contribution in [-0.2, 0) is 14.8 Å². The Labute approximate surface area is 213 Å². The second-order valence-electron chi connectivity index (χ2n) is 7.93. The van der Waals surface area contributed by atoms with Gasteiger partial charge in [0.25, 0.3) is 10.0 Å². The number of nitrogens with zero attached hydrogens (tertiary/aromatic N) is 2. The second kappa shape index (κ2) is 11.5. The van der Waals surface area contributed by atoms with Crippen LogP contribution in [0.2, 0.25) is 15.1 Å². The van der Waals surface area contributed by atoms with Crippen molar-refractivity contribution in [3.63, 3.8) is 0 Å². The van der Waals surface area contributed by atoms with E-state index in [4.69, 9.17) is 39.9 Å². The molecular formula is C22H25Cl3N2O4S2. The fraction of sp³-hybridized carbons (Fsp3) is 0.409. The van der Waals surface area contributed by atoms with Crippen molar-refractivity contribution in [1.82, 2.24) is 4.90 Å². The molecule has 11 heteroatoms. The molecule has 2 aromatic rings. The average Bonchev–Trinajstić information content (AvgIpc) is 3.17. The fourth-order valence-corrected chi connectivity index (χ4v) is 7.26. The lowest BCUT2D eigenvalue weighted by molar-refractivity contribution is -0.137. The molecule has 1 saturated heterocycles. The molecule has 1 fully saturated rings. The largest absolute Gasteiger partial charge is 0.481 e. The minimum atomic E-state index is -3.93. The van der Waals surface area contributed by atoms with Gasteiger partial charge < -0.3 is 5.11 Å². The Bertz CT molecular complexity index is 1080. The topological polar surface area (TPSA) is 77.9 Å². The highest BCUT2D eigenvalue weighted by atomic mass is 35.5. The smallest absolute Gasteiger partial charge is 0.304 e. The van der Waals surface area contributed by atoms with Crippen molar-refractivity contribution in [2.24, 2.45) is 0 Å². The molecule has 0 spiro atoms. The van der Waals surface area contributed by atoms with Gasteiger partial charge in [0.05, 0.1) is 22.0 Å². The SMILES string of the molecule is CC(CCCN1CS[C@H](CC(=O)O)C1)N(c1cc(Cl)ccc1Cl)S(=O)(=O)c1ccc(Cl)cc1. The Morgan fingerprint density at radius 2 is 1.85 bits per heavy atom. The highest BCUT2D eigenvalue weighted by molar-refractivity contribution is 8.00. The molecule has 1 N–H and O–H groups in total. The zero-order valence-electron chi connectivity index (χ0n) is 18.0. The first-order valence-corrected chi connectivity index (χ1v) is 14.0. The van der Waals surface area contributed by atoms with Crippen molar-refractivity contribution in [2.75, 3.05) is 23.3 Å². The lowest BCUT2D eigenvalue weighted by Crippen LogP contribution is -2.39. The molecule has 0 aliphatic carbocycles. The van der Waals surface area contributed by atoms with Gasteiger partial charge in [0.15, 0.2) is 0 Å². The number of benzene rings is 2. The molecule has 0 bridgehead atoms. The molecular weight excluding hydrogens is 527 g/mol. The zero-order chi connectivity index (χ0) is 24.2. The van der Waals surface area contributed by atoms with Crippen molar-refractivity contribution in [1.29, 1.82) is 0 Å². The number of carboxylic acid groups (broad SMARTS) is 1. The van der Waals surface area contributed by atoms with E-state index in [1.807, 2.05) is 6.92 Å². The molecule has 6 nitrogen and oxygen atoms in total. The third-order valence-electron chi connectivity index (χ3n) is 5.37. The van der Waals surface area contributed by atoms with Crippen LogP contribution in [0.4, 0.5) is 5.69 Å². The van der Waals surface area contributed by atoms with Crippen molar-refractivity contribution < 1.29 is 18.3 Å². The summed E-state index contributed by atoms with van der Waals surface area (Å²) in [6.45, 7) is 3.32. The van der Waals surface area contributed by atoms with Crippen LogP contribution in [0.1, 0.15) is 26.2 Å². The number of rotatable bonds is 10. The summed E-state index contributed by atoms with van der Waals surface area (Å²) in [6, 6.07) is 10.4. The average molecular weight is 552 g/mol. The van der Waals surface area contributed by atoms with Gasteiger partial charge in [0.1, 0.15) is 0 Å². The number of carbonyl (C=O) groups is 1. The third-order valence-corrected chi connectivity index (χ3v) is 9.42. The van der Waals surface area contributed by atoms with E-state index in [0.29, 0.717) is 22.2 Å². The zero-order valence-corrected chi connectivity index (χ0v) is 21.9. The van der Waals surface area contributed by atoms with Gasteiger partial charge in [0, 0.05) is 33.8 Å². The minimum absolute atomic E-state index is 0.0898. The molecule has 0 saturated carbocycles. The number of sulfonamides is 1. The van der Waals surface area contributed by atoms with Gasteiger partial charge in [-0.2, -0.15) is 0 Å². The van der Waals surface area contributed by atoms with E-state index in [1.165, 1.54) is 28.6 Å². The van der Waals surface area contributed by atoms with Crippen molar-refractivity contribution in [3.05, 3.63) is 57.5 Å². The van der Waals surface area contributed by atoms with Gasteiger partial charge in [-0.15, -0.1) is 11.8 Å². The van der Waals surface area contributed by atoms with Crippen molar-refractivity contribution in [3.8, 4) is 0 Å². The third kappa shape index (κ3) is 6.93. The number of aliphatic carboxylic acids is 1. The number of carboxylic acids is 1. The lowest BCUT2D eigenvalue weighted by Gasteiger charge is -2.32. The van der Waals surface area contributed by atoms with E-state index in [0.717, 1.165) is 25.4 Å². The number of thioether (sulfide) groups is 1. The van der Waals surface area contributed by atoms with E-state index in [2.05, 4.69) is 4.90 Å². The summed E-state index contributed by atoms with van der Waals surface area (Å²) in [5.41, 5.74) is 0.324. The van der Waals surface area contributed by atoms with E-state index in [9.17, 15) is 13.2 Å². The molecule has 33 heavy (non-hydrogen) atoms. The van der Waals surface area contributed by atoms with Crippen LogP contribution in [0.5, 0.6) is 0 Å². The van der Waals surface area contributed by atoms with Crippen molar-refractivity contribution in [2.45, 2.75) is 42.4 Å². The molecule has 0 aromatic heterocycles. The van der Waals surface area contributed by atoms with Gasteiger partial charge >= 0.3 is 5.97 Å². The summed E-state index contributed by atoms with van der Waals surface area (Å²) in [6.07, 6.45) is 1.48. The molecule has 3 rings (SSSR count). The molecule has 180 valence electrons. The number of anilines is 1. The van der Waals surface area contributed by atoms with Gasteiger partial charge in [0.2, 0.25) is 0 Å². The molecule has 1 unspecified atom stereocenters. The van der Waals surface area contributed by atoms with Crippen LogP contribution >= 0.6 is 46.6 Å². The maximum Gasteiger partial charge on any atom is 0.304 e. The molecule has 1 aliphatic rings. The van der Waals surface area contributed by atoms with E-state index in [-0.39, 0.29) is 21.6 Å². The summed E-state index contributed by atoms with van der Waals surface area (Å²) >= 11 is 20.2. The van der Waals surface area contributed by atoms with Crippen LogP contribution in [0.15, 0.2) is 47.4 Å². The Morgan fingerprint density at radius 3 is 2.52 bits per heavy atom. The van der Waals surface area contributed by atoms with Gasteiger partial charge in [-0.1, -0.05) is 34.8 Å². The molecule has 1 aliphatic heterocycles. The summed E-state index contributed by atoms with van der Waals surface area (Å²) < 4.78 is 28.6. The molecule has 1 heterocycles. The minimum Gasteiger partial charge on any atom is -0.481 e. The number of hydrogen-bond acceptors (Lipinski definition) is 5. The summed E-state index contributed by atoms with van der Waals surface area (Å²) in [4.78, 5) is 13.3. The van der Waals surface area contributed by atoms with Crippen LogP contribution in [0.25, 0.3) is 0 Å². The quantitative estimate of drug-likeness (QED) is 0.398. The van der Waals surface area contributed by atoms with Crippen LogP contribution < -0.4 is 4.31 Å². The number of halogens is 3. The van der Waals surface area contributed by atoms with Gasteiger partial charge in [-0.3, -0.25) is 14.0 Å². The second-order valence-corrected chi connectivity index (χ2v) is 12.3. The summed E-state index contributed by atoms with van der Waals surface area (Å²) in [7, 11) is -3.93. The van der Waals surface area contributed by atoms with E-state index in [1.54, 1.807) is 30.0 Å². The normalized spacial score (nSPS) is 17.8. The highest BCUT2D eigenvalue weighted by Crippen LogP contribution is 2.36. The predicted octanol–water partition coefficient (Wildman–Crippen LogP) is 5.86. The summed E-state index contributed by atoms with van der Waals surface area (Å²) in [5.74, 6) is -0.0106. The fourth-order valence-electron chi connectivity index (χ4n) is 3.78. The standard InChI is InChI=1S/C22H25Cl3N2O4S2/c1-15(3-2-10-26-13-18(32-14-26)12-22(28)29)27(21-11-17(24)6-9-20(21)25)33(30,31)19-7-4-16(23)5-8-19/h4-9,11,15,18H,2-3,10,12-14H2,1H3,(H,28,29)/t15?,18-/m1/s1. The van der Waals surface area contributed by atoms with Crippen LogP contribution in [0.3, 0.4) is 0 Å². The monoisotopic (exact) mass is 550 g/mol. The van der Waals surface area contributed by atoms with Crippen molar-refractivity contribution >= 4 is 68.2 Å². The lowest BCUT2D eigenvalue weighted by atomic mass is 10.1. The number of hydrogen-bond donors (Lipinski definition) is 1.